The predicted octanol–water partition coefficient (Wildman–Crippen LogP) is 2.31. The van der Waals surface area contributed by atoms with Crippen LogP contribution in [0.2, 0.25) is 0 Å². The molecule has 3 heterocycles. The van der Waals surface area contributed by atoms with Gasteiger partial charge in [-0.2, -0.15) is 5.10 Å². The summed E-state index contributed by atoms with van der Waals surface area (Å²) in [5, 5.41) is 7.43. The Kier molecular flexibility index (Phi) is 3.89. The first-order valence-corrected chi connectivity index (χ1v) is 8.22. The molecule has 0 radical (unpaired) electrons. The van der Waals surface area contributed by atoms with Gasteiger partial charge in [-0.25, -0.2) is 4.98 Å². The van der Waals surface area contributed by atoms with Crippen molar-refractivity contribution in [2.75, 3.05) is 11.4 Å². The number of benzene rings is 1. The molecule has 3 aromatic rings. The number of hydrogen-bond donors (Lipinski definition) is 2. The number of aromatic nitrogens is 4. The molecule has 7 heteroatoms. The summed E-state index contributed by atoms with van der Waals surface area (Å²) in [5.41, 5.74) is 7.52. The van der Waals surface area contributed by atoms with E-state index < -0.39 is 5.91 Å². The van der Waals surface area contributed by atoms with Crippen molar-refractivity contribution in [3.8, 4) is 11.4 Å². The van der Waals surface area contributed by atoms with E-state index in [-0.39, 0.29) is 11.7 Å². The standard InChI is InChI=1S/C18H18N6O/c19-16(25)14-11-13(8-9-20-14)24-10-4-7-15(24)18-21-17(22-23-18)12-5-2-1-3-6-12/h1-3,5-6,8-9,11,15H,4,7,10H2,(H2,19,25)(H,21,22,23)/t15-/m0/s1. The van der Waals surface area contributed by atoms with Gasteiger partial charge in [-0.05, 0) is 25.0 Å². The molecule has 1 atom stereocenters. The highest BCUT2D eigenvalue weighted by atomic mass is 16.1. The average molecular weight is 334 g/mol. The predicted molar refractivity (Wildman–Crippen MR) is 93.9 cm³/mol. The number of H-pyrrole nitrogens is 1. The number of nitrogens with two attached hydrogens (primary N) is 1. The molecule has 1 saturated heterocycles. The molecule has 126 valence electrons. The van der Waals surface area contributed by atoms with E-state index in [0.717, 1.165) is 36.5 Å². The summed E-state index contributed by atoms with van der Waals surface area (Å²) in [5.74, 6) is 0.993. The Balaban J connectivity index is 1.63. The van der Waals surface area contributed by atoms with Crippen molar-refractivity contribution in [1.82, 2.24) is 20.2 Å². The summed E-state index contributed by atoms with van der Waals surface area (Å²) >= 11 is 0. The largest absolute Gasteiger partial charge is 0.364 e. The van der Waals surface area contributed by atoms with Crippen molar-refractivity contribution in [1.29, 1.82) is 0 Å². The number of primary amides is 1. The first kappa shape index (κ1) is 15.3. The molecule has 0 spiro atoms. The van der Waals surface area contributed by atoms with Crippen LogP contribution in [0.25, 0.3) is 11.4 Å². The van der Waals surface area contributed by atoms with Crippen LogP contribution in [-0.4, -0.2) is 32.6 Å². The maximum absolute atomic E-state index is 11.4. The summed E-state index contributed by atoms with van der Waals surface area (Å²) < 4.78 is 0. The number of carbonyl (C=O) groups is 1. The molecular formula is C18H18N6O. The van der Waals surface area contributed by atoms with Crippen LogP contribution in [-0.2, 0) is 0 Å². The lowest BCUT2D eigenvalue weighted by Gasteiger charge is -2.25. The molecule has 0 aliphatic carbocycles. The highest BCUT2D eigenvalue weighted by molar-refractivity contribution is 5.91. The first-order valence-electron chi connectivity index (χ1n) is 8.22. The van der Waals surface area contributed by atoms with Crippen LogP contribution in [0.15, 0.2) is 48.7 Å². The van der Waals surface area contributed by atoms with Crippen LogP contribution in [0.3, 0.4) is 0 Å². The number of nitrogens with one attached hydrogen (secondary N) is 1. The van der Waals surface area contributed by atoms with Gasteiger partial charge in [0, 0.05) is 24.0 Å². The maximum Gasteiger partial charge on any atom is 0.267 e. The Morgan fingerprint density at radius 1 is 1.24 bits per heavy atom. The molecule has 1 aromatic carbocycles. The Morgan fingerprint density at radius 3 is 2.88 bits per heavy atom. The fourth-order valence-corrected chi connectivity index (χ4v) is 3.23. The minimum absolute atomic E-state index is 0.0908. The third kappa shape index (κ3) is 2.96. The van der Waals surface area contributed by atoms with Gasteiger partial charge in [0.1, 0.15) is 11.5 Å². The molecule has 3 N–H and O–H groups in total. The second-order valence-corrected chi connectivity index (χ2v) is 6.03. The van der Waals surface area contributed by atoms with Crippen LogP contribution in [0, 0.1) is 0 Å². The molecule has 7 nitrogen and oxygen atoms in total. The zero-order valence-electron chi connectivity index (χ0n) is 13.6. The molecule has 1 amide bonds. The molecule has 25 heavy (non-hydrogen) atoms. The Bertz CT molecular complexity index is 891. The molecule has 1 aliphatic heterocycles. The van der Waals surface area contributed by atoms with Crippen molar-refractivity contribution < 1.29 is 4.79 Å². The molecule has 0 unspecified atom stereocenters. The lowest BCUT2D eigenvalue weighted by Crippen LogP contribution is -2.24. The zero-order valence-corrected chi connectivity index (χ0v) is 13.6. The van der Waals surface area contributed by atoms with Crippen LogP contribution in [0.5, 0.6) is 0 Å². The third-order valence-corrected chi connectivity index (χ3v) is 4.43. The lowest BCUT2D eigenvalue weighted by atomic mass is 10.2. The third-order valence-electron chi connectivity index (χ3n) is 4.43. The molecule has 0 saturated carbocycles. The van der Waals surface area contributed by atoms with Crippen LogP contribution in [0.1, 0.15) is 35.2 Å². The van der Waals surface area contributed by atoms with Gasteiger partial charge in [-0.1, -0.05) is 30.3 Å². The van der Waals surface area contributed by atoms with Gasteiger partial charge < -0.3 is 10.6 Å². The number of nitrogens with zero attached hydrogens (tertiary/aromatic N) is 4. The molecule has 2 aromatic heterocycles. The van der Waals surface area contributed by atoms with E-state index in [1.807, 2.05) is 36.4 Å². The van der Waals surface area contributed by atoms with E-state index in [1.54, 1.807) is 12.3 Å². The zero-order chi connectivity index (χ0) is 17.2. The summed E-state index contributed by atoms with van der Waals surface area (Å²) in [6, 6.07) is 13.6. The van der Waals surface area contributed by atoms with E-state index in [4.69, 9.17) is 5.73 Å². The number of carbonyl (C=O) groups excluding carboxylic acids is 1. The SMILES string of the molecule is NC(=O)c1cc(N2CCC[C@H]2c2nc(-c3ccccc3)n[nH]2)ccn1. The topological polar surface area (TPSA) is 101 Å². The normalized spacial score (nSPS) is 17.0. The molecule has 1 fully saturated rings. The quantitative estimate of drug-likeness (QED) is 0.762. The van der Waals surface area contributed by atoms with Gasteiger partial charge in [-0.3, -0.25) is 14.9 Å². The molecule has 1 aliphatic rings. The van der Waals surface area contributed by atoms with Gasteiger partial charge in [0.15, 0.2) is 5.82 Å². The molecular weight excluding hydrogens is 316 g/mol. The Labute approximate surface area is 144 Å². The van der Waals surface area contributed by atoms with Gasteiger partial charge in [-0.15, -0.1) is 0 Å². The fraction of sp³-hybridized carbons (Fsp3) is 0.222. The number of anilines is 1. The maximum atomic E-state index is 11.4. The Morgan fingerprint density at radius 2 is 2.08 bits per heavy atom. The van der Waals surface area contributed by atoms with E-state index >= 15 is 0 Å². The summed E-state index contributed by atoms with van der Waals surface area (Å²) in [4.78, 5) is 22.3. The number of rotatable bonds is 4. The summed E-state index contributed by atoms with van der Waals surface area (Å²) in [6.45, 7) is 0.883. The van der Waals surface area contributed by atoms with Crippen molar-refractivity contribution >= 4 is 11.6 Å². The van der Waals surface area contributed by atoms with E-state index in [2.05, 4.69) is 25.1 Å². The number of aromatic amines is 1. The second-order valence-electron chi connectivity index (χ2n) is 6.03. The molecule has 4 rings (SSSR count). The summed E-state index contributed by atoms with van der Waals surface area (Å²) in [7, 11) is 0. The minimum atomic E-state index is -0.524. The van der Waals surface area contributed by atoms with E-state index in [0.29, 0.717) is 5.82 Å². The van der Waals surface area contributed by atoms with Crippen LogP contribution in [0.4, 0.5) is 5.69 Å². The highest BCUT2D eigenvalue weighted by Gasteiger charge is 2.29. The van der Waals surface area contributed by atoms with Gasteiger partial charge in [0.25, 0.3) is 5.91 Å². The number of amides is 1. The molecule has 0 bridgehead atoms. The first-order chi connectivity index (χ1) is 12.2. The van der Waals surface area contributed by atoms with Crippen molar-refractivity contribution in [3.05, 3.63) is 60.2 Å². The van der Waals surface area contributed by atoms with Crippen LogP contribution >= 0.6 is 0 Å². The minimum Gasteiger partial charge on any atom is -0.364 e. The average Bonchev–Trinajstić information content (AvgIpc) is 3.32. The lowest BCUT2D eigenvalue weighted by molar-refractivity contribution is 0.0995. The second kappa shape index (κ2) is 6.35. The van der Waals surface area contributed by atoms with Crippen LogP contribution < -0.4 is 10.6 Å². The highest BCUT2D eigenvalue weighted by Crippen LogP contribution is 2.35. The van der Waals surface area contributed by atoms with Gasteiger partial charge in [0.2, 0.25) is 0 Å². The fourth-order valence-electron chi connectivity index (χ4n) is 3.23. The van der Waals surface area contributed by atoms with Gasteiger partial charge >= 0.3 is 0 Å². The van der Waals surface area contributed by atoms with E-state index in [9.17, 15) is 4.79 Å². The monoisotopic (exact) mass is 334 g/mol. The number of pyridine rings is 1. The Hall–Kier alpha value is -3.22. The van der Waals surface area contributed by atoms with Crippen molar-refractivity contribution in [2.24, 2.45) is 5.73 Å². The van der Waals surface area contributed by atoms with Crippen molar-refractivity contribution in [3.63, 3.8) is 0 Å². The smallest absolute Gasteiger partial charge is 0.267 e. The summed E-state index contributed by atoms with van der Waals surface area (Å²) in [6.07, 6.45) is 3.62. The van der Waals surface area contributed by atoms with E-state index in [1.165, 1.54) is 0 Å². The number of hydrogen-bond acceptors (Lipinski definition) is 5. The van der Waals surface area contributed by atoms with Crippen molar-refractivity contribution in [2.45, 2.75) is 18.9 Å². The van der Waals surface area contributed by atoms with Gasteiger partial charge in [0.05, 0.1) is 6.04 Å².